The zero-order chi connectivity index (χ0) is 24.7. The van der Waals surface area contributed by atoms with Gasteiger partial charge in [-0.2, -0.15) is 0 Å². The van der Waals surface area contributed by atoms with Crippen LogP contribution >= 0.6 is 11.6 Å². The standard InChI is InChI=1S/C27H29ClFN3O3/c1-27(26(34)35)9-6-17(7-10-27)14-24(33)31-12-8-19-20-3-2-11-30-25(20)32(23(19)16-31)15-18-4-5-21(28)22(29)13-18/h2-5,11,13,17H,6-10,12,14-16H2,1H3,(H,34,35). The molecule has 5 rings (SSSR count). The Hall–Kier alpha value is -2.93. The summed E-state index contributed by atoms with van der Waals surface area (Å²) in [5.74, 6) is -0.860. The lowest BCUT2D eigenvalue weighted by Gasteiger charge is -2.35. The molecule has 8 heteroatoms. The fourth-order valence-electron chi connectivity index (χ4n) is 5.57. The monoisotopic (exact) mass is 497 g/mol. The van der Waals surface area contributed by atoms with E-state index in [-0.39, 0.29) is 16.8 Å². The summed E-state index contributed by atoms with van der Waals surface area (Å²) >= 11 is 5.87. The number of aliphatic carboxylic acids is 1. The average molecular weight is 498 g/mol. The second-order valence-corrected chi connectivity index (χ2v) is 10.6. The number of amides is 1. The van der Waals surface area contributed by atoms with Crippen LogP contribution in [0.3, 0.4) is 0 Å². The van der Waals surface area contributed by atoms with E-state index in [4.69, 9.17) is 11.6 Å². The van der Waals surface area contributed by atoms with Crippen molar-refractivity contribution in [1.29, 1.82) is 0 Å². The second kappa shape index (κ2) is 9.26. The lowest BCUT2D eigenvalue weighted by molar-refractivity contribution is -0.150. The molecule has 184 valence electrons. The number of carboxylic acids is 1. The number of carboxylic acid groups (broad SMARTS) is 1. The van der Waals surface area contributed by atoms with E-state index in [1.807, 2.05) is 17.0 Å². The summed E-state index contributed by atoms with van der Waals surface area (Å²) in [4.78, 5) is 31.3. The number of nitrogens with zero attached hydrogens (tertiary/aromatic N) is 3. The molecule has 0 spiro atoms. The predicted octanol–water partition coefficient (Wildman–Crippen LogP) is 5.43. The molecule has 3 aromatic rings. The first-order valence-electron chi connectivity index (χ1n) is 12.2. The minimum Gasteiger partial charge on any atom is -0.481 e. The number of aromatic nitrogens is 2. The van der Waals surface area contributed by atoms with Crippen molar-refractivity contribution in [2.75, 3.05) is 6.54 Å². The number of hydrogen-bond donors (Lipinski definition) is 1. The summed E-state index contributed by atoms with van der Waals surface area (Å²) in [5.41, 5.74) is 3.18. The normalized spacial score (nSPS) is 22.3. The first-order chi connectivity index (χ1) is 16.7. The Morgan fingerprint density at radius 3 is 2.74 bits per heavy atom. The van der Waals surface area contributed by atoms with Crippen molar-refractivity contribution in [2.45, 2.75) is 58.5 Å². The van der Waals surface area contributed by atoms with Crippen molar-refractivity contribution in [3.05, 3.63) is 64.2 Å². The third kappa shape index (κ3) is 4.54. The van der Waals surface area contributed by atoms with Crippen LogP contribution in [0.1, 0.15) is 55.8 Å². The van der Waals surface area contributed by atoms with Crippen molar-refractivity contribution in [3.63, 3.8) is 0 Å². The van der Waals surface area contributed by atoms with Crippen LogP contribution in [-0.2, 0) is 29.1 Å². The largest absolute Gasteiger partial charge is 0.481 e. The number of pyridine rings is 1. The zero-order valence-electron chi connectivity index (χ0n) is 19.8. The number of benzene rings is 1. The van der Waals surface area contributed by atoms with E-state index in [0.717, 1.165) is 41.6 Å². The molecule has 1 N–H and O–H groups in total. The molecule has 0 saturated heterocycles. The third-order valence-corrected chi connectivity index (χ3v) is 8.19. The van der Waals surface area contributed by atoms with Gasteiger partial charge in [-0.25, -0.2) is 9.37 Å². The Bertz CT molecular complexity index is 1300. The Morgan fingerprint density at radius 2 is 2.03 bits per heavy atom. The van der Waals surface area contributed by atoms with Crippen molar-refractivity contribution in [1.82, 2.24) is 14.5 Å². The molecule has 3 heterocycles. The van der Waals surface area contributed by atoms with Gasteiger partial charge in [0.05, 0.1) is 17.0 Å². The van der Waals surface area contributed by atoms with Gasteiger partial charge in [0.2, 0.25) is 5.91 Å². The number of carbonyl (C=O) groups is 2. The van der Waals surface area contributed by atoms with Gasteiger partial charge in [0.25, 0.3) is 0 Å². The molecular formula is C27H29ClFN3O3. The maximum atomic E-state index is 14.1. The topological polar surface area (TPSA) is 75.4 Å². The third-order valence-electron chi connectivity index (χ3n) is 7.88. The Labute approximate surface area is 208 Å². The van der Waals surface area contributed by atoms with E-state index >= 15 is 0 Å². The van der Waals surface area contributed by atoms with Gasteiger partial charge in [0.15, 0.2) is 0 Å². The summed E-state index contributed by atoms with van der Waals surface area (Å²) < 4.78 is 16.2. The van der Waals surface area contributed by atoms with E-state index in [0.29, 0.717) is 38.9 Å². The lowest BCUT2D eigenvalue weighted by Crippen LogP contribution is -2.39. The van der Waals surface area contributed by atoms with Gasteiger partial charge in [-0.15, -0.1) is 0 Å². The van der Waals surface area contributed by atoms with Crippen molar-refractivity contribution in [2.24, 2.45) is 11.3 Å². The van der Waals surface area contributed by atoms with Gasteiger partial charge >= 0.3 is 5.97 Å². The summed E-state index contributed by atoms with van der Waals surface area (Å²) in [6, 6.07) is 8.79. The Balaban J connectivity index is 1.36. The molecule has 2 aliphatic rings. The van der Waals surface area contributed by atoms with Crippen molar-refractivity contribution < 1.29 is 19.1 Å². The van der Waals surface area contributed by atoms with E-state index in [2.05, 4.69) is 15.6 Å². The molecule has 0 bridgehead atoms. The molecule has 1 aromatic carbocycles. The predicted molar refractivity (Wildman–Crippen MR) is 132 cm³/mol. The lowest BCUT2D eigenvalue weighted by atomic mass is 9.71. The van der Waals surface area contributed by atoms with Gasteiger partial charge < -0.3 is 14.6 Å². The fraction of sp³-hybridized carbons (Fsp3) is 0.444. The van der Waals surface area contributed by atoms with E-state index in [9.17, 15) is 19.1 Å². The maximum absolute atomic E-state index is 14.1. The fourth-order valence-corrected chi connectivity index (χ4v) is 5.69. The van der Waals surface area contributed by atoms with Gasteiger partial charge in [0.1, 0.15) is 11.5 Å². The minimum absolute atomic E-state index is 0.0921. The van der Waals surface area contributed by atoms with Crippen LogP contribution in [0, 0.1) is 17.2 Å². The highest BCUT2D eigenvalue weighted by molar-refractivity contribution is 6.30. The molecule has 35 heavy (non-hydrogen) atoms. The number of halogens is 2. The molecule has 0 radical (unpaired) electrons. The summed E-state index contributed by atoms with van der Waals surface area (Å²) in [6.45, 7) is 3.38. The van der Waals surface area contributed by atoms with Crippen LogP contribution in [0.4, 0.5) is 4.39 Å². The molecule has 1 saturated carbocycles. The van der Waals surface area contributed by atoms with Crippen LogP contribution in [0.5, 0.6) is 0 Å². The van der Waals surface area contributed by atoms with Gasteiger partial charge in [0, 0.05) is 36.8 Å². The van der Waals surface area contributed by atoms with Crippen molar-refractivity contribution in [3.8, 4) is 0 Å². The first-order valence-corrected chi connectivity index (χ1v) is 12.5. The minimum atomic E-state index is -0.743. The molecule has 1 amide bonds. The zero-order valence-corrected chi connectivity index (χ0v) is 20.5. The molecular weight excluding hydrogens is 469 g/mol. The Kier molecular flexibility index (Phi) is 6.30. The summed E-state index contributed by atoms with van der Waals surface area (Å²) in [5, 5.41) is 10.6. The van der Waals surface area contributed by atoms with Crippen LogP contribution in [0.2, 0.25) is 5.02 Å². The van der Waals surface area contributed by atoms with E-state index in [1.165, 1.54) is 11.6 Å². The number of rotatable bonds is 5. The second-order valence-electron chi connectivity index (χ2n) is 10.2. The number of carbonyl (C=O) groups excluding carboxylic acids is 1. The van der Waals surface area contributed by atoms with Crippen LogP contribution < -0.4 is 0 Å². The molecule has 1 fully saturated rings. The van der Waals surface area contributed by atoms with Gasteiger partial charge in [-0.3, -0.25) is 9.59 Å². The van der Waals surface area contributed by atoms with Crippen LogP contribution in [0.15, 0.2) is 36.5 Å². The SMILES string of the molecule is CC1(C(=O)O)CCC(CC(=O)N2CCc3c(n(Cc4ccc(Cl)c(F)c4)c4ncccc34)C2)CC1. The number of hydrogen-bond acceptors (Lipinski definition) is 3. The molecule has 1 aliphatic heterocycles. The smallest absolute Gasteiger partial charge is 0.309 e. The quantitative estimate of drug-likeness (QED) is 0.509. The van der Waals surface area contributed by atoms with Gasteiger partial charge in [-0.05, 0) is 80.3 Å². The first kappa shape index (κ1) is 23.8. The molecule has 2 aromatic heterocycles. The molecule has 6 nitrogen and oxygen atoms in total. The molecule has 1 aliphatic carbocycles. The van der Waals surface area contributed by atoms with Crippen molar-refractivity contribution >= 4 is 34.5 Å². The molecule has 0 unspecified atom stereocenters. The highest BCUT2D eigenvalue weighted by Gasteiger charge is 2.38. The number of fused-ring (bicyclic) bond motifs is 3. The highest BCUT2D eigenvalue weighted by Crippen LogP contribution is 2.40. The molecule has 0 atom stereocenters. The van der Waals surface area contributed by atoms with Crippen LogP contribution in [-0.4, -0.2) is 38.0 Å². The summed E-state index contributed by atoms with van der Waals surface area (Å²) in [6.07, 6.45) is 5.70. The Morgan fingerprint density at radius 1 is 1.26 bits per heavy atom. The maximum Gasteiger partial charge on any atom is 0.309 e. The summed E-state index contributed by atoms with van der Waals surface area (Å²) in [7, 11) is 0. The van der Waals surface area contributed by atoms with E-state index < -0.39 is 17.2 Å². The van der Waals surface area contributed by atoms with Gasteiger partial charge in [-0.1, -0.05) is 17.7 Å². The average Bonchev–Trinajstić information content (AvgIpc) is 3.16. The highest BCUT2D eigenvalue weighted by atomic mass is 35.5. The van der Waals surface area contributed by atoms with Crippen LogP contribution in [0.25, 0.3) is 11.0 Å². The van der Waals surface area contributed by atoms with E-state index in [1.54, 1.807) is 19.2 Å².